The molecule has 0 aromatic heterocycles. The monoisotopic (exact) mass is 242 g/mol. The standard InChI is InChI=1S/2C5H6O2.Ti/c2*1-2-3-4-5(6)7;/h2*2-4H,1H2,(H,6,7);/q;;+2/p-2. The Balaban J connectivity index is -0.000000180. The molecule has 4 nitrogen and oxygen atoms in total. The number of carboxylic acid groups (broad SMARTS) is 2. The van der Waals surface area contributed by atoms with Gasteiger partial charge in [0.05, 0.1) is 11.9 Å². The van der Waals surface area contributed by atoms with E-state index in [0.29, 0.717) is 0 Å². The first kappa shape index (κ1) is 19.2. The van der Waals surface area contributed by atoms with Gasteiger partial charge in [-0.05, 0) is 12.2 Å². The van der Waals surface area contributed by atoms with Crippen molar-refractivity contribution < 1.29 is 41.5 Å². The Kier molecular flexibility index (Phi) is 19.4. The molecule has 0 unspecified atom stereocenters. The van der Waals surface area contributed by atoms with Crippen LogP contribution >= 0.6 is 0 Å². The first-order valence-corrected chi connectivity index (χ1v) is 3.54. The Morgan fingerprint density at radius 2 is 1.13 bits per heavy atom. The Morgan fingerprint density at radius 3 is 1.20 bits per heavy atom. The predicted octanol–water partition coefficient (Wildman–Crippen LogP) is -1.05. The molecule has 0 fully saturated rings. The van der Waals surface area contributed by atoms with Gasteiger partial charge in [-0.25, -0.2) is 0 Å². The molecule has 0 bridgehead atoms. The molecule has 0 saturated heterocycles. The molecule has 15 heavy (non-hydrogen) atoms. The fourth-order valence-corrected chi connectivity index (χ4v) is 0.293. The third-order valence-electron chi connectivity index (χ3n) is 0.737. The van der Waals surface area contributed by atoms with Gasteiger partial charge >= 0.3 is 21.7 Å². The van der Waals surface area contributed by atoms with Crippen molar-refractivity contribution in [2.45, 2.75) is 0 Å². The van der Waals surface area contributed by atoms with Crippen LogP contribution in [0.3, 0.4) is 0 Å². The molecule has 0 rings (SSSR count). The maximum Gasteiger partial charge on any atom is 2.00 e. The number of carbonyl (C=O) groups is 2. The molecule has 0 heterocycles. The van der Waals surface area contributed by atoms with Crippen molar-refractivity contribution >= 4 is 11.9 Å². The van der Waals surface area contributed by atoms with E-state index in [-0.39, 0.29) is 21.7 Å². The van der Waals surface area contributed by atoms with Crippen molar-refractivity contribution in [3.63, 3.8) is 0 Å². The van der Waals surface area contributed by atoms with Crippen LogP contribution in [0.15, 0.2) is 49.6 Å². The van der Waals surface area contributed by atoms with Crippen LogP contribution in [0.4, 0.5) is 0 Å². The van der Waals surface area contributed by atoms with E-state index in [0.717, 1.165) is 12.2 Å². The van der Waals surface area contributed by atoms with E-state index in [1.165, 1.54) is 24.3 Å². The molecule has 0 spiro atoms. The van der Waals surface area contributed by atoms with Gasteiger partial charge in [-0.3, -0.25) is 0 Å². The summed E-state index contributed by atoms with van der Waals surface area (Å²) < 4.78 is 0. The first-order valence-electron chi connectivity index (χ1n) is 3.54. The van der Waals surface area contributed by atoms with E-state index >= 15 is 0 Å². The molecule has 5 heteroatoms. The van der Waals surface area contributed by atoms with Gasteiger partial charge in [-0.15, -0.1) is 0 Å². The Bertz CT molecular complexity index is 239. The average Bonchev–Trinajstić information content (AvgIpc) is 2.12. The van der Waals surface area contributed by atoms with Gasteiger partial charge in [0.2, 0.25) is 0 Å². The van der Waals surface area contributed by atoms with E-state index in [2.05, 4.69) is 13.2 Å². The Hall–Kier alpha value is -1.39. The van der Waals surface area contributed by atoms with Gasteiger partial charge in [0, 0.05) is 0 Å². The summed E-state index contributed by atoms with van der Waals surface area (Å²) in [6.07, 6.45) is 7.16. The zero-order valence-electron chi connectivity index (χ0n) is 8.01. The molecule has 0 N–H and O–H groups in total. The van der Waals surface area contributed by atoms with Gasteiger partial charge in [-0.2, -0.15) is 0 Å². The maximum atomic E-state index is 9.51. The smallest absolute Gasteiger partial charge is 0.545 e. The molecule has 0 amide bonds. The average molecular weight is 242 g/mol. The third kappa shape index (κ3) is 32.5. The summed E-state index contributed by atoms with van der Waals surface area (Å²) in [5.41, 5.74) is 0. The van der Waals surface area contributed by atoms with Crippen molar-refractivity contribution in [2.24, 2.45) is 0 Å². The van der Waals surface area contributed by atoms with Crippen LogP contribution in [0.2, 0.25) is 0 Å². The number of carboxylic acids is 2. The SMILES string of the molecule is C=CC=CC(=O)[O-].C=CC=CC(=O)[O-].[Ti+2]. The molecule has 0 aliphatic rings. The second-order valence-corrected chi connectivity index (χ2v) is 1.83. The third-order valence-corrected chi connectivity index (χ3v) is 0.737. The predicted molar refractivity (Wildman–Crippen MR) is 48.7 cm³/mol. The van der Waals surface area contributed by atoms with Crippen LogP contribution in [-0.4, -0.2) is 11.9 Å². The molecule has 0 saturated carbocycles. The van der Waals surface area contributed by atoms with Crippen LogP contribution in [0.25, 0.3) is 0 Å². The van der Waals surface area contributed by atoms with Crippen molar-refractivity contribution in [3.8, 4) is 0 Å². The van der Waals surface area contributed by atoms with Gasteiger partial charge in [0.25, 0.3) is 0 Å². The van der Waals surface area contributed by atoms with Gasteiger partial charge in [-0.1, -0.05) is 37.5 Å². The quantitative estimate of drug-likeness (QED) is 0.358. The largest absolute Gasteiger partial charge is 2.00 e. The van der Waals surface area contributed by atoms with Crippen LogP contribution in [-0.2, 0) is 31.3 Å². The topological polar surface area (TPSA) is 80.3 Å². The fourth-order valence-electron chi connectivity index (χ4n) is 0.293. The van der Waals surface area contributed by atoms with Crippen molar-refractivity contribution in [2.75, 3.05) is 0 Å². The normalized spacial score (nSPS) is 8.53. The number of hydrogen-bond donors (Lipinski definition) is 0. The summed E-state index contributed by atoms with van der Waals surface area (Å²) in [6.45, 7) is 6.51. The molecule has 0 aromatic carbocycles. The van der Waals surface area contributed by atoms with Crippen LogP contribution in [0.5, 0.6) is 0 Å². The molecule has 0 atom stereocenters. The minimum atomic E-state index is -1.19. The summed E-state index contributed by atoms with van der Waals surface area (Å²) >= 11 is 0. The van der Waals surface area contributed by atoms with Crippen LogP contribution < -0.4 is 10.2 Å². The number of rotatable bonds is 4. The molecule has 0 aliphatic carbocycles. The summed E-state index contributed by atoms with van der Waals surface area (Å²) in [5, 5.41) is 19.0. The van der Waals surface area contributed by atoms with Gasteiger partial charge in [0.1, 0.15) is 0 Å². The zero-order valence-corrected chi connectivity index (χ0v) is 9.57. The van der Waals surface area contributed by atoms with Gasteiger partial charge in [0.15, 0.2) is 0 Å². The van der Waals surface area contributed by atoms with Crippen molar-refractivity contribution in [1.82, 2.24) is 0 Å². The maximum absolute atomic E-state index is 9.51. The fraction of sp³-hybridized carbons (Fsp3) is 0. The minimum absolute atomic E-state index is 0. The zero-order chi connectivity index (χ0) is 11.4. The van der Waals surface area contributed by atoms with E-state index < -0.39 is 11.9 Å². The van der Waals surface area contributed by atoms with Crippen LogP contribution in [0.1, 0.15) is 0 Å². The summed E-state index contributed by atoms with van der Waals surface area (Å²) in [6, 6.07) is 0. The van der Waals surface area contributed by atoms with Gasteiger partial charge < -0.3 is 19.8 Å². The Morgan fingerprint density at radius 1 is 0.867 bits per heavy atom. The second-order valence-electron chi connectivity index (χ2n) is 1.83. The second kappa shape index (κ2) is 15.1. The van der Waals surface area contributed by atoms with E-state index in [9.17, 15) is 19.8 Å². The number of aliphatic carboxylic acids is 2. The van der Waals surface area contributed by atoms with Crippen molar-refractivity contribution in [1.29, 1.82) is 0 Å². The molecule has 0 aromatic rings. The number of allylic oxidation sites excluding steroid dienone is 4. The molecule has 0 radical (unpaired) electrons. The molecular formula is C10H10O4Ti. The number of hydrogen-bond acceptors (Lipinski definition) is 4. The summed E-state index contributed by atoms with van der Waals surface area (Å²) in [5.74, 6) is -2.39. The van der Waals surface area contributed by atoms with E-state index in [1.54, 1.807) is 0 Å². The molecule has 78 valence electrons. The van der Waals surface area contributed by atoms with E-state index in [1.807, 2.05) is 0 Å². The molecule has 0 aliphatic heterocycles. The molecular weight excluding hydrogens is 232 g/mol. The Labute approximate surface area is 103 Å². The number of carbonyl (C=O) groups excluding carboxylic acids is 2. The first-order chi connectivity index (χ1) is 6.54. The summed E-state index contributed by atoms with van der Waals surface area (Å²) in [7, 11) is 0. The van der Waals surface area contributed by atoms with Crippen molar-refractivity contribution in [3.05, 3.63) is 49.6 Å². The van der Waals surface area contributed by atoms with Crippen LogP contribution in [0, 0.1) is 0 Å². The van der Waals surface area contributed by atoms with E-state index in [4.69, 9.17) is 0 Å². The summed E-state index contributed by atoms with van der Waals surface area (Å²) in [4.78, 5) is 19.0. The minimum Gasteiger partial charge on any atom is -0.545 e.